The minimum Gasteiger partial charge on any atom is -0.453 e. The first-order chi connectivity index (χ1) is 9.85. The van der Waals surface area contributed by atoms with Gasteiger partial charge >= 0.3 is 6.09 Å². The molecule has 0 bridgehead atoms. The number of methoxy groups -OCH3 is 1. The molecule has 116 valence electrons. The van der Waals surface area contributed by atoms with Crippen LogP contribution in [0.1, 0.15) is 25.5 Å². The molecule has 5 nitrogen and oxygen atoms in total. The summed E-state index contributed by atoms with van der Waals surface area (Å²) in [5.74, 6) is -0.960. The lowest BCUT2D eigenvalue weighted by Gasteiger charge is -2.23. The third-order valence-corrected chi connectivity index (χ3v) is 3.09. The van der Waals surface area contributed by atoms with Gasteiger partial charge in [0.25, 0.3) is 0 Å². The fourth-order valence-corrected chi connectivity index (χ4v) is 1.97. The Morgan fingerprint density at radius 1 is 1.38 bits per heavy atom. The Morgan fingerprint density at radius 3 is 2.57 bits per heavy atom. The molecule has 0 aliphatic heterocycles. The summed E-state index contributed by atoms with van der Waals surface area (Å²) < 4.78 is 18.3. The van der Waals surface area contributed by atoms with Gasteiger partial charge in [-0.3, -0.25) is 4.79 Å². The van der Waals surface area contributed by atoms with E-state index < -0.39 is 23.9 Å². The Hall–Kier alpha value is -1.82. The van der Waals surface area contributed by atoms with E-state index >= 15 is 0 Å². The largest absolute Gasteiger partial charge is 0.453 e. The van der Waals surface area contributed by atoms with Crippen molar-refractivity contribution in [2.24, 2.45) is 5.92 Å². The third-order valence-electron chi connectivity index (χ3n) is 2.86. The van der Waals surface area contributed by atoms with E-state index in [1.807, 2.05) is 13.8 Å². The van der Waals surface area contributed by atoms with Crippen molar-refractivity contribution in [2.75, 3.05) is 13.7 Å². The smallest absolute Gasteiger partial charge is 0.407 e. The number of hydrogen-bond acceptors (Lipinski definition) is 3. The van der Waals surface area contributed by atoms with E-state index in [2.05, 4.69) is 15.4 Å². The van der Waals surface area contributed by atoms with Gasteiger partial charge in [-0.05, 0) is 18.1 Å². The predicted molar refractivity (Wildman–Crippen MR) is 77.5 cm³/mol. The molecule has 0 fully saturated rings. The summed E-state index contributed by atoms with van der Waals surface area (Å²) in [6.45, 7) is 3.46. The zero-order valence-electron chi connectivity index (χ0n) is 12.1. The van der Waals surface area contributed by atoms with E-state index in [9.17, 15) is 14.0 Å². The highest BCUT2D eigenvalue weighted by molar-refractivity contribution is 6.30. The van der Waals surface area contributed by atoms with Crippen LogP contribution in [0.15, 0.2) is 18.2 Å². The molecule has 0 saturated carbocycles. The molecule has 2 N–H and O–H groups in total. The fourth-order valence-electron chi connectivity index (χ4n) is 1.81. The summed E-state index contributed by atoms with van der Waals surface area (Å²) >= 11 is 5.72. The molecule has 0 aromatic heterocycles. The van der Waals surface area contributed by atoms with Crippen molar-refractivity contribution in [3.05, 3.63) is 34.6 Å². The summed E-state index contributed by atoms with van der Waals surface area (Å²) in [6, 6.07) is 3.78. The van der Waals surface area contributed by atoms with Crippen LogP contribution < -0.4 is 10.6 Å². The number of amides is 2. The van der Waals surface area contributed by atoms with Crippen LogP contribution in [0.3, 0.4) is 0 Å². The molecule has 1 aromatic rings. The zero-order valence-corrected chi connectivity index (χ0v) is 12.8. The number of alkyl carbamates (subject to hydrolysis) is 1. The third kappa shape index (κ3) is 5.23. The minimum atomic E-state index is -0.705. The van der Waals surface area contributed by atoms with Crippen LogP contribution in [-0.2, 0) is 9.53 Å². The molecular weight excluding hydrogens is 299 g/mol. The number of carbonyl (C=O) groups is 2. The van der Waals surface area contributed by atoms with Crippen molar-refractivity contribution in [2.45, 2.75) is 19.9 Å². The lowest BCUT2D eigenvalue weighted by molar-refractivity contribution is -0.121. The average molecular weight is 317 g/mol. The lowest BCUT2D eigenvalue weighted by Crippen LogP contribution is -2.40. The second kappa shape index (κ2) is 7.83. The fraction of sp³-hybridized carbons (Fsp3) is 0.429. The van der Waals surface area contributed by atoms with E-state index in [0.29, 0.717) is 5.56 Å². The van der Waals surface area contributed by atoms with E-state index in [1.54, 1.807) is 6.07 Å². The first-order valence-electron chi connectivity index (χ1n) is 6.41. The van der Waals surface area contributed by atoms with Crippen molar-refractivity contribution >= 4 is 23.6 Å². The first-order valence-corrected chi connectivity index (χ1v) is 6.79. The van der Waals surface area contributed by atoms with Crippen molar-refractivity contribution < 1.29 is 18.7 Å². The first kappa shape index (κ1) is 17.2. The number of benzene rings is 1. The maximum Gasteiger partial charge on any atom is 0.407 e. The van der Waals surface area contributed by atoms with Gasteiger partial charge in [0.05, 0.1) is 13.2 Å². The van der Waals surface area contributed by atoms with Gasteiger partial charge in [0.15, 0.2) is 0 Å². The van der Waals surface area contributed by atoms with Crippen molar-refractivity contribution in [3.63, 3.8) is 0 Å². The number of rotatable bonds is 5. The predicted octanol–water partition coefficient (Wildman–Crippen LogP) is 2.65. The van der Waals surface area contributed by atoms with Crippen LogP contribution in [0, 0.1) is 11.7 Å². The molecule has 0 heterocycles. The highest BCUT2D eigenvalue weighted by atomic mass is 35.5. The number of carbonyl (C=O) groups excluding carboxylic acids is 2. The highest BCUT2D eigenvalue weighted by Crippen LogP contribution is 2.26. The van der Waals surface area contributed by atoms with Crippen LogP contribution >= 0.6 is 11.6 Å². The molecule has 1 unspecified atom stereocenters. The van der Waals surface area contributed by atoms with E-state index in [0.717, 1.165) is 0 Å². The number of nitrogens with one attached hydrogen (secondary N) is 2. The molecule has 0 saturated heterocycles. The molecule has 21 heavy (non-hydrogen) atoms. The minimum absolute atomic E-state index is 0.0391. The molecule has 7 heteroatoms. The molecule has 0 aliphatic carbocycles. The van der Waals surface area contributed by atoms with Gasteiger partial charge in [0.2, 0.25) is 5.91 Å². The summed E-state index contributed by atoms with van der Waals surface area (Å²) in [4.78, 5) is 22.7. The van der Waals surface area contributed by atoms with E-state index in [1.165, 1.54) is 19.2 Å². The van der Waals surface area contributed by atoms with Gasteiger partial charge in [-0.15, -0.1) is 0 Å². The molecule has 0 radical (unpaired) electrons. The maximum atomic E-state index is 14.0. The van der Waals surface area contributed by atoms with Gasteiger partial charge in [0, 0.05) is 10.6 Å². The second-order valence-corrected chi connectivity index (χ2v) is 5.24. The summed E-state index contributed by atoms with van der Waals surface area (Å²) in [7, 11) is 1.20. The van der Waals surface area contributed by atoms with Crippen LogP contribution in [-0.4, -0.2) is 25.7 Å². The SMILES string of the molecule is COC(=O)NCC(=O)NC(c1ccc(Cl)cc1F)C(C)C. The van der Waals surface area contributed by atoms with Crippen LogP contribution in [0.4, 0.5) is 9.18 Å². The van der Waals surface area contributed by atoms with Gasteiger partial charge in [-0.1, -0.05) is 31.5 Å². The maximum absolute atomic E-state index is 14.0. The Kier molecular flexibility index (Phi) is 6.42. The molecule has 1 rings (SSSR count). The number of halogens is 2. The standard InChI is InChI=1S/C14H18ClFN2O3/c1-8(2)13(10-5-4-9(15)6-11(10)16)18-12(19)7-17-14(20)21-3/h4-6,8,13H,7H2,1-3H3,(H,17,20)(H,18,19). The molecular formula is C14H18ClFN2O3. The van der Waals surface area contributed by atoms with Crippen molar-refractivity contribution in [1.82, 2.24) is 10.6 Å². The Morgan fingerprint density at radius 2 is 2.05 bits per heavy atom. The number of ether oxygens (including phenoxy) is 1. The summed E-state index contributed by atoms with van der Waals surface area (Å²) in [6.07, 6.45) is -0.705. The Balaban J connectivity index is 2.78. The number of hydrogen-bond donors (Lipinski definition) is 2. The second-order valence-electron chi connectivity index (χ2n) is 4.80. The summed E-state index contributed by atoms with van der Waals surface area (Å²) in [5.41, 5.74) is 0.348. The highest BCUT2D eigenvalue weighted by Gasteiger charge is 2.21. The van der Waals surface area contributed by atoms with Gasteiger partial charge < -0.3 is 15.4 Å². The van der Waals surface area contributed by atoms with Crippen LogP contribution in [0.2, 0.25) is 5.02 Å². The molecule has 1 atom stereocenters. The summed E-state index contributed by atoms with van der Waals surface area (Å²) in [5, 5.41) is 5.23. The molecule has 0 spiro atoms. The van der Waals surface area contributed by atoms with Gasteiger partial charge in [-0.2, -0.15) is 0 Å². The quantitative estimate of drug-likeness (QED) is 0.877. The lowest BCUT2D eigenvalue weighted by atomic mass is 9.95. The topological polar surface area (TPSA) is 67.4 Å². The average Bonchev–Trinajstić information content (AvgIpc) is 2.42. The Labute approximate surface area is 127 Å². The van der Waals surface area contributed by atoms with Crippen molar-refractivity contribution in [3.8, 4) is 0 Å². The van der Waals surface area contributed by atoms with Crippen LogP contribution in [0.25, 0.3) is 0 Å². The Bertz CT molecular complexity index is 523. The molecule has 1 aromatic carbocycles. The van der Waals surface area contributed by atoms with Gasteiger partial charge in [-0.25, -0.2) is 9.18 Å². The molecule has 2 amide bonds. The normalized spacial score (nSPS) is 11.9. The molecule has 0 aliphatic rings. The van der Waals surface area contributed by atoms with Gasteiger partial charge in [0.1, 0.15) is 12.4 Å². The monoisotopic (exact) mass is 316 g/mol. The van der Waals surface area contributed by atoms with E-state index in [4.69, 9.17) is 11.6 Å². The van der Waals surface area contributed by atoms with E-state index in [-0.39, 0.29) is 17.5 Å². The zero-order chi connectivity index (χ0) is 16.0. The van der Waals surface area contributed by atoms with Crippen molar-refractivity contribution in [1.29, 1.82) is 0 Å². The van der Waals surface area contributed by atoms with Crippen LogP contribution in [0.5, 0.6) is 0 Å².